The van der Waals surface area contributed by atoms with Gasteiger partial charge in [-0.15, -0.1) is 0 Å². The van der Waals surface area contributed by atoms with Gasteiger partial charge in [0.1, 0.15) is 0 Å². The predicted octanol–water partition coefficient (Wildman–Crippen LogP) is 4.64. The van der Waals surface area contributed by atoms with Crippen molar-refractivity contribution in [2.75, 3.05) is 0 Å². The first kappa shape index (κ1) is 11.8. The van der Waals surface area contributed by atoms with Gasteiger partial charge in [-0.3, -0.25) is 4.98 Å². The maximum absolute atomic E-state index is 4.58. The Balaban J connectivity index is 1.84. The fourth-order valence-corrected chi connectivity index (χ4v) is 3.42. The monoisotopic (exact) mass is 282 g/mol. The molecular weight excluding hydrogens is 268 g/mol. The zero-order valence-corrected chi connectivity index (χ0v) is 12.0. The topological polar surface area (TPSA) is 17.8 Å². The summed E-state index contributed by atoms with van der Waals surface area (Å²) in [6.45, 7) is 0. The molecule has 2 aromatic heterocycles. The van der Waals surface area contributed by atoms with Crippen molar-refractivity contribution < 1.29 is 0 Å². The minimum Gasteiger partial charge on any atom is -0.325 e. The van der Waals surface area contributed by atoms with Crippen molar-refractivity contribution in [3.05, 3.63) is 83.9 Å². The highest BCUT2D eigenvalue weighted by atomic mass is 15.0. The lowest BCUT2D eigenvalue weighted by atomic mass is 9.97. The van der Waals surface area contributed by atoms with Gasteiger partial charge in [0.25, 0.3) is 0 Å². The molecule has 0 bridgehead atoms. The second-order valence-electron chi connectivity index (χ2n) is 5.78. The van der Waals surface area contributed by atoms with Gasteiger partial charge in [-0.1, -0.05) is 48.6 Å². The minimum atomic E-state index is 0.961. The number of pyridine rings is 1. The van der Waals surface area contributed by atoms with E-state index in [1.165, 1.54) is 33.0 Å². The van der Waals surface area contributed by atoms with Gasteiger partial charge in [0, 0.05) is 46.9 Å². The molecule has 104 valence electrons. The maximum atomic E-state index is 4.58. The number of benzene rings is 1. The molecule has 1 aliphatic carbocycles. The van der Waals surface area contributed by atoms with Crippen LogP contribution in [0.1, 0.15) is 5.69 Å². The Bertz CT molecular complexity index is 1040. The number of rotatable bonds is 0. The number of allylic oxidation sites excluding steroid dienone is 7. The quantitative estimate of drug-likeness (QED) is 0.587. The largest absolute Gasteiger partial charge is 0.325 e. The van der Waals surface area contributed by atoms with E-state index in [0.29, 0.717) is 0 Å². The van der Waals surface area contributed by atoms with Crippen LogP contribution in [0.5, 0.6) is 0 Å². The molecule has 0 radical (unpaired) electrons. The van der Waals surface area contributed by atoms with Gasteiger partial charge < -0.3 is 4.57 Å². The zero-order valence-electron chi connectivity index (χ0n) is 12.0. The summed E-state index contributed by atoms with van der Waals surface area (Å²) < 4.78 is 2.26. The molecular formula is C20H14N2. The van der Waals surface area contributed by atoms with Crippen LogP contribution in [0.15, 0.2) is 78.2 Å². The van der Waals surface area contributed by atoms with Crippen LogP contribution in [0.3, 0.4) is 0 Å². The number of nitrogens with zero attached hydrogens (tertiary/aromatic N) is 2. The maximum Gasteiger partial charge on any atom is 0.0795 e. The third kappa shape index (κ3) is 1.58. The Morgan fingerprint density at radius 2 is 2.00 bits per heavy atom. The van der Waals surface area contributed by atoms with Crippen LogP contribution in [0.25, 0.3) is 27.9 Å². The number of hydrogen-bond acceptors (Lipinski definition) is 1. The van der Waals surface area contributed by atoms with E-state index in [1.807, 2.05) is 12.3 Å². The van der Waals surface area contributed by atoms with Crippen LogP contribution in [-0.2, 0) is 6.42 Å². The van der Waals surface area contributed by atoms with Crippen molar-refractivity contribution in [1.82, 2.24) is 9.55 Å². The lowest BCUT2D eigenvalue weighted by Crippen LogP contribution is -2.05. The molecule has 2 aliphatic rings. The molecule has 3 aromatic rings. The van der Waals surface area contributed by atoms with Crippen LogP contribution in [0.2, 0.25) is 0 Å². The fourth-order valence-electron chi connectivity index (χ4n) is 3.42. The molecule has 1 aliphatic heterocycles. The van der Waals surface area contributed by atoms with Crippen LogP contribution >= 0.6 is 0 Å². The molecule has 0 N–H and O–H groups in total. The minimum absolute atomic E-state index is 0.961. The van der Waals surface area contributed by atoms with E-state index >= 15 is 0 Å². The summed E-state index contributed by atoms with van der Waals surface area (Å²) in [6, 6.07) is 8.52. The second-order valence-corrected chi connectivity index (χ2v) is 5.78. The van der Waals surface area contributed by atoms with Crippen LogP contribution in [0, 0.1) is 0 Å². The molecule has 1 aromatic carbocycles. The van der Waals surface area contributed by atoms with Crippen molar-refractivity contribution in [2.24, 2.45) is 0 Å². The highest BCUT2D eigenvalue weighted by Gasteiger charge is 2.18. The van der Waals surface area contributed by atoms with Crippen LogP contribution in [0.4, 0.5) is 0 Å². The number of aromatic nitrogens is 2. The molecule has 0 saturated carbocycles. The van der Waals surface area contributed by atoms with E-state index in [4.69, 9.17) is 0 Å². The Labute approximate surface area is 128 Å². The van der Waals surface area contributed by atoms with Crippen molar-refractivity contribution in [2.45, 2.75) is 6.42 Å². The summed E-state index contributed by atoms with van der Waals surface area (Å²) in [6.07, 6.45) is 18.0. The lowest BCUT2D eigenvalue weighted by molar-refractivity contribution is 0.975. The second kappa shape index (κ2) is 4.31. The highest BCUT2D eigenvalue weighted by Crippen LogP contribution is 2.34. The molecule has 22 heavy (non-hydrogen) atoms. The number of hydrogen-bond donors (Lipinski definition) is 0. The van der Waals surface area contributed by atoms with Gasteiger partial charge in [0.15, 0.2) is 0 Å². The first-order valence-electron chi connectivity index (χ1n) is 7.53. The van der Waals surface area contributed by atoms with Crippen molar-refractivity contribution in [3.8, 4) is 0 Å². The summed E-state index contributed by atoms with van der Waals surface area (Å²) in [5.74, 6) is 0. The third-order valence-corrected chi connectivity index (χ3v) is 4.51. The molecule has 2 heteroatoms. The van der Waals surface area contributed by atoms with Crippen molar-refractivity contribution in [3.63, 3.8) is 0 Å². The molecule has 0 amide bonds. The summed E-state index contributed by atoms with van der Waals surface area (Å²) in [4.78, 5) is 4.58. The Morgan fingerprint density at radius 3 is 3.00 bits per heavy atom. The first-order chi connectivity index (χ1) is 10.9. The molecule has 5 rings (SSSR count). The standard InChI is InChI=1S/C20H14N2/c1-2-5-15-11-19-17-9-8-14-7-4-10-21-20(14)18(17)13-22(19)12-16(15)6-3-1/h1-10,12-13H,11H2. The first-order valence-corrected chi connectivity index (χ1v) is 7.53. The molecule has 0 spiro atoms. The predicted molar refractivity (Wildman–Crippen MR) is 91.6 cm³/mol. The van der Waals surface area contributed by atoms with Crippen molar-refractivity contribution in [1.29, 1.82) is 0 Å². The molecule has 0 saturated heterocycles. The average Bonchev–Trinajstić information content (AvgIpc) is 2.75. The third-order valence-electron chi connectivity index (χ3n) is 4.51. The smallest absolute Gasteiger partial charge is 0.0795 e. The van der Waals surface area contributed by atoms with E-state index in [0.717, 1.165) is 11.9 Å². The van der Waals surface area contributed by atoms with E-state index < -0.39 is 0 Å². The van der Waals surface area contributed by atoms with Gasteiger partial charge in [-0.2, -0.15) is 0 Å². The molecule has 0 atom stereocenters. The Morgan fingerprint density at radius 1 is 1.00 bits per heavy atom. The normalized spacial score (nSPS) is 16.2. The Kier molecular flexibility index (Phi) is 2.30. The van der Waals surface area contributed by atoms with E-state index in [9.17, 15) is 0 Å². The zero-order chi connectivity index (χ0) is 14.5. The molecule has 2 nitrogen and oxygen atoms in total. The van der Waals surface area contributed by atoms with E-state index in [1.54, 1.807) is 0 Å². The summed E-state index contributed by atoms with van der Waals surface area (Å²) in [5, 5.41) is 3.74. The van der Waals surface area contributed by atoms with Crippen LogP contribution < -0.4 is 0 Å². The summed E-state index contributed by atoms with van der Waals surface area (Å²) in [7, 11) is 0. The highest BCUT2D eigenvalue weighted by molar-refractivity contribution is 6.06. The van der Waals surface area contributed by atoms with E-state index in [-0.39, 0.29) is 0 Å². The SMILES string of the molecule is C1=CC=C2Cc3c4ccc5cccnc5c4cn3C=C2C=C1. The van der Waals surface area contributed by atoms with Gasteiger partial charge in [0.05, 0.1) is 5.52 Å². The van der Waals surface area contributed by atoms with Gasteiger partial charge >= 0.3 is 0 Å². The molecule has 0 fully saturated rings. The average molecular weight is 282 g/mol. The van der Waals surface area contributed by atoms with Gasteiger partial charge in [-0.05, 0) is 17.2 Å². The fraction of sp³-hybridized carbons (Fsp3) is 0.0500. The molecule has 0 unspecified atom stereocenters. The van der Waals surface area contributed by atoms with E-state index in [2.05, 4.69) is 70.5 Å². The lowest BCUT2D eigenvalue weighted by Gasteiger charge is -2.17. The van der Waals surface area contributed by atoms with Crippen molar-refractivity contribution >= 4 is 27.9 Å². The van der Waals surface area contributed by atoms with Gasteiger partial charge in [0.2, 0.25) is 0 Å². The summed E-state index contributed by atoms with van der Waals surface area (Å²) >= 11 is 0. The molecule has 3 heterocycles. The van der Waals surface area contributed by atoms with Gasteiger partial charge in [-0.25, -0.2) is 0 Å². The Hall–Kier alpha value is -2.87. The van der Waals surface area contributed by atoms with Crippen LogP contribution in [-0.4, -0.2) is 9.55 Å². The summed E-state index contributed by atoms with van der Waals surface area (Å²) in [5.41, 5.74) is 5.10. The number of fused-ring (bicyclic) bond motifs is 6.